The summed E-state index contributed by atoms with van der Waals surface area (Å²) >= 11 is 4.41. The molecule has 0 radical (unpaired) electrons. The molecule has 3 aromatic carbocycles. The van der Waals surface area contributed by atoms with Gasteiger partial charge in [0.2, 0.25) is 0 Å². The number of rotatable bonds is 8. The molecule has 0 fully saturated rings. The molecule has 0 saturated carbocycles. The maximum atomic E-state index is 12.6. The molecule has 168 valence electrons. The van der Waals surface area contributed by atoms with Crippen LogP contribution in [-0.4, -0.2) is 20.1 Å². The second-order valence-electron chi connectivity index (χ2n) is 6.80. The molecule has 3 aromatic rings. The quantitative estimate of drug-likeness (QED) is 0.180. The van der Waals surface area contributed by atoms with E-state index in [2.05, 4.69) is 50.5 Å². The minimum absolute atomic E-state index is 0.0313. The van der Waals surface area contributed by atoms with Crippen molar-refractivity contribution in [3.05, 3.63) is 84.5 Å². The van der Waals surface area contributed by atoms with E-state index >= 15 is 0 Å². The van der Waals surface area contributed by atoms with Crippen molar-refractivity contribution in [1.29, 1.82) is 5.26 Å². The van der Waals surface area contributed by atoms with E-state index in [1.165, 1.54) is 6.08 Å². The van der Waals surface area contributed by atoms with Crippen LogP contribution in [0.1, 0.15) is 11.1 Å². The van der Waals surface area contributed by atoms with Crippen LogP contribution in [0.5, 0.6) is 17.2 Å². The predicted molar refractivity (Wildman–Crippen MR) is 144 cm³/mol. The highest BCUT2D eigenvalue weighted by molar-refractivity contribution is 14.1. The summed E-state index contributed by atoms with van der Waals surface area (Å²) < 4.78 is 18.6. The van der Waals surface area contributed by atoms with Gasteiger partial charge in [0.1, 0.15) is 24.0 Å². The number of benzene rings is 3. The Morgan fingerprint density at radius 3 is 2.33 bits per heavy atom. The van der Waals surface area contributed by atoms with Crippen molar-refractivity contribution in [3.63, 3.8) is 0 Å². The number of carbonyl (C=O) groups is 1. The van der Waals surface area contributed by atoms with Gasteiger partial charge in [0.25, 0.3) is 5.91 Å². The number of halogens is 2. The molecule has 0 bridgehead atoms. The van der Waals surface area contributed by atoms with E-state index in [1.54, 1.807) is 44.6 Å². The fourth-order valence-corrected chi connectivity index (χ4v) is 4.03. The Bertz CT molecular complexity index is 1200. The van der Waals surface area contributed by atoms with Crippen LogP contribution in [0.25, 0.3) is 6.08 Å². The Morgan fingerprint density at radius 1 is 1.03 bits per heavy atom. The number of anilines is 1. The van der Waals surface area contributed by atoms with Gasteiger partial charge in [-0.05, 0) is 111 Å². The van der Waals surface area contributed by atoms with Gasteiger partial charge in [-0.1, -0.05) is 12.1 Å². The number of hydrogen-bond donors (Lipinski definition) is 1. The van der Waals surface area contributed by atoms with Crippen molar-refractivity contribution in [3.8, 4) is 23.3 Å². The van der Waals surface area contributed by atoms with Crippen molar-refractivity contribution in [2.45, 2.75) is 6.61 Å². The third-order valence-corrected chi connectivity index (χ3v) is 6.09. The molecule has 0 saturated heterocycles. The maximum Gasteiger partial charge on any atom is 0.266 e. The fourth-order valence-electron chi connectivity index (χ4n) is 2.89. The average Bonchev–Trinajstić information content (AvgIpc) is 2.83. The third-order valence-electron chi connectivity index (χ3n) is 4.57. The topological polar surface area (TPSA) is 80.6 Å². The number of hydrogen-bond acceptors (Lipinski definition) is 5. The first kappa shape index (κ1) is 24.9. The van der Waals surface area contributed by atoms with Crippen molar-refractivity contribution in [2.75, 3.05) is 19.5 Å². The van der Waals surface area contributed by atoms with Crippen LogP contribution in [-0.2, 0) is 11.4 Å². The third kappa shape index (κ3) is 6.85. The van der Waals surface area contributed by atoms with Gasteiger partial charge in [0, 0.05) is 9.26 Å². The minimum atomic E-state index is -0.504. The van der Waals surface area contributed by atoms with Crippen LogP contribution in [0, 0.1) is 18.5 Å². The molecule has 0 aromatic heterocycles. The van der Waals surface area contributed by atoms with Crippen molar-refractivity contribution >= 4 is 62.9 Å². The van der Waals surface area contributed by atoms with Crippen molar-refractivity contribution in [2.24, 2.45) is 0 Å². The molecule has 0 atom stereocenters. The zero-order valence-corrected chi connectivity index (χ0v) is 22.2. The van der Waals surface area contributed by atoms with Gasteiger partial charge >= 0.3 is 0 Å². The normalized spacial score (nSPS) is 10.8. The standard InChI is InChI=1S/C25H20I2N2O4/c1-31-21-9-7-20(8-10-21)29-25(30)18(14-28)11-17-12-22(27)24(23(13-17)32-2)33-15-16-3-5-19(26)6-4-16/h3-13H,15H2,1-2H3,(H,29,30)/b18-11-. The number of amides is 1. The van der Waals surface area contributed by atoms with Crippen LogP contribution in [0.2, 0.25) is 0 Å². The number of ether oxygens (including phenoxy) is 3. The molecular formula is C25H20I2N2O4. The first-order valence-electron chi connectivity index (χ1n) is 9.75. The lowest BCUT2D eigenvalue weighted by Crippen LogP contribution is -2.13. The van der Waals surface area contributed by atoms with E-state index in [-0.39, 0.29) is 5.57 Å². The van der Waals surface area contributed by atoms with Gasteiger partial charge < -0.3 is 19.5 Å². The van der Waals surface area contributed by atoms with Crippen LogP contribution < -0.4 is 19.5 Å². The Labute approximate surface area is 219 Å². The highest BCUT2D eigenvalue weighted by atomic mass is 127. The molecular weight excluding hydrogens is 646 g/mol. The number of methoxy groups -OCH3 is 2. The van der Waals surface area contributed by atoms with Gasteiger partial charge in [0.05, 0.1) is 17.8 Å². The lowest BCUT2D eigenvalue weighted by molar-refractivity contribution is -0.112. The number of nitrogens with one attached hydrogen (secondary N) is 1. The SMILES string of the molecule is COc1ccc(NC(=O)/C(C#N)=C\c2cc(I)c(OCc3ccc(I)cc3)c(OC)c2)cc1. The van der Waals surface area contributed by atoms with E-state index in [9.17, 15) is 10.1 Å². The molecule has 33 heavy (non-hydrogen) atoms. The molecule has 0 heterocycles. The predicted octanol–water partition coefficient (Wildman–Crippen LogP) is 6.04. The van der Waals surface area contributed by atoms with E-state index in [0.717, 1.165) is 12.7 Å². The lowest BCUT2D eigenvalue weighted by atomic mass is 10.1. The monoisotopic (exact) mass is 666 g/mol. The first-order chi connectivity index (χ1) is 15.9. The second-order valence-corrected chi connectivity index (χ2v) is 9.21. The van der Waals surface area contributed by atoms with Gasteiger partial charge in [-0.2, -0.15) is 5.26 Å². The van der Waals surface area contributed by atoms with Gasteiger partial charge in [-0.3, -0.25) is 4.79 Å². The summed E-state index contributed by atoms with van der Waals surface area (Å²) in [6.07, 6.45) is 1.52. The Morgan fingerprint density at radius 2 is 1.73 bits per heavy atom. The van der Waals surface area contributed by atoms with E-state index < -0.39 is 5.91 Å². The molecule has 1 N–H and O–H groups in total. The van der Waals surface area contributed by atoms with Gasteiger partial charge in [-0.15, -0.1) is 0 Å². The Hall–Kier alpha value is -2.78. The summed E-state index contributed by atoms with van der Waals surface area (Å²) in [6.45, 7) is 0.395. The maximum absolute atomic E-state index is 12.6. The minimum Gasteiger partial charge on any atom is -0.497 e. The number of nitrogens with zero attached hydrogens (tertiary/aromatic N) is 1. The summed E-state index contributed by atoms with van der Waals surface area (Å²) in [5, 5.41) is 12.3. The zero-order chi connectivity index (χ0) is 23.8. The molecule has 3 rings (SSSR count). The summed E-state index contributed by atoms with van der Waals surface area (Å²) in [5.41, 5.74) is 2.23. The van der Waals surface area contributed by atoms with E-state index in [4.69, 9.17) is 14.2 Å². The molecule has 0 aliphatic rings. The first-order valence-corrected chi connectivity index (χ1v) is 11.9. The van der Waals surface area contributed by atoms with Crippen LogP contribution in [0.4, 0.5) is 5.69 Å². The highest BCUT2D eigenvalue weighted by Gasteiger charge is 2.14. The lowest BCUT2D eigenvalue weighted by Gasteiger charge is -2.14. The molecule has 0 unspecified atom stereocenters. The van der Waals surface area contributed by atoms with Gasteiger partial charge in [-0.25, -0.2) is 0 Å². The largest absolute Gasteiger partial charge is 0.497 e. The smallest absolute Gasteiger partial charge is 0.266 e. The fraction of sp³-hybridized carbons (Fsp3) is 0.120. The summed E-state index contributed by atoms with van der Waals surface area (Å²) in [5.74, 6) is 1.30. The summed E-state index contributed by atoms with van der Waals surface area (Å²) in [6, 6.07) is 20.5. The van der Waals surface area contributed by atoms with Crippen LogP contribution >= 0.6 is 45.2 Å². The second kappa shape index (κ2) is 11.9. The molecule has 8 heteroatoms. The average molecular weight is 666 g/mol. The van der Waals surface area contributed by atoms with E-state index in [0.29, 0.717) is 35.1 Å². The molecule has 0 aliphatic heterocycles. The zero-order valence-electron chi connectivity index (χ0n) is 17.9. The molecule has 0 spiro atoms. The van der Waals surface area contributed by atoms with Crippen molar-refractivity contribution in [1.82, 2.24) is 0 Å². The molecule has 6 nitrogen and oxygen atoms in total. The number of nitriles is 1. The highest BCUT2D eigenvalue weighted by Crippen LogP contribution is 2.35. The Balaban J connectivity index is 1.79. The van der Waals surface area contributed by atoms with Crippen molar-refractivity contribution < 1.29 is 19.0 Å². The van der Waals surface area contributed by atoms with Crippen LogP contribution in [0.3, 0.4) is 0 Å². The van der Waals surface area contributed by atoms with Crippen LogP contribution in [0.15, 0.2) is 66.2 Å². The Kier molecular flexibility index (Phi) is 8.96. The number of carbonyl (C=O) groups excluding carboxylic acids is 1. The summed E-state index contributed by atoms with van der Waals surface area (Å²) in [7, 11) is 3.12. The summed E-state index contributed by atoms with van der Waals surface area (Å²) in [4.78, 5) is 12.6. The van der Waals surface area contributed by atoms with Gasteiger partial charge in [0.15, 0.2) is 11.5 Å². The van der Waals surface area contributed by atoms with E-state index in [1.807, 2.05) is 36.4 Å². The molecule has 0 aliphatic carbocycles. The molecule has 1 amide bonds.